The van der Waals surface area contributed by atoms with Gasteiger partial charge in [0.15, 0.2) is 0 Å². The van der Waals surface area contributed by atoms with Crippen LogP contribution in [-0.4, -0.2) is 19.6 Å². The number of hydrazine groups is 1. The summed E-state index contributed by atoms with van der Waals surface area (Å²) in [5.41, 5.74) is 6.95. The van der Waals surface area contributed by atoms with Gasteiger partial charge in [-0.15, -0.1) is 0 Å². The maximum Gasteiger partial charge on any atom is 0.0850 e. The van der Waals surface area contributed by atoms with Crippen molar-refractivity contribution in [2.75, 3.05) is 0 Å². The van der Waals surface area contributed by atoms with Crippen molar-refractivity contribution in [3.05, 3.63) is 33.9 Å². The van der Waals surface area contributed by atoms with Gasteiger partial charge < -0.3 is 0 Å². The Morgan fingerprint density at radius 3 is 2.43 bits per heavy atom. The Balaban J connectivity index is 2.33. The topological polar surface area (TPSA) is 73.7 Å². The first-order valence-corrected chi connectivity index (χ1v) is 7.58. The number of aryl methyl sites for hydroxylation is 4. The van der Waals surface area contributed by atoms with Crippen molar-refractivity contribution >= 4 is 11.6 Å². The third-order valence-corrected chi connectivity index (χ3v) is 4.19. The van der Waals surface area contributed by atoms with Crippen LogP contribution in [0.5, 0.6) is 0 Å². The zero-order chi connectivity index (χ0) is 15.6. The Morgan fingerprint density at radius 1 is 1.24 bits per heavy atom. The first-order valence-electron chi connectivity index (χ1n) is 7.20. The highest BCUT2D eigenvalue weighted by Gasteiger charge is 2.21. The number of rotatable bonds is 6. The van der Waals surface area contributed by atoms with Crippen LogP contribution in [0.1, 0.15) is 42.5 Å². The van der Waals surface area contributed by atoms with Gasteiger partial charge in [-0.05, 0) is 12.8 Å². The van der Waals surface area contributed by atoms with Gasteiger partial charge in [-0.2, -0.15) is 10.2 Å². The molecule has 0 aromatic carbocycles. The lowest BCUT2D eigenvalue weighted by Gasteiger charge is -2.16. The monoisotopic (exact) mass is 310 g/mol. The Morgan fingerprint density at radius 2 is 1.90 bits per heavy atom. The second kappa shape index (κ2) is 6.60. The quantitative estimate of drug-likeness (QED) is 0.629. The average molecular weight is 311 g/mol. The highest BCUT2D eigenvalue weighted by Crippen LogP contribution is 2.27. The molecule has 0 amide bonds. The molecule has 0 aliphatic heterocycles. The van der Waals surface area contributed by atoms with Crippen molar-refractivity contribution in [1.29, 1.82) is 0 Å². The predicted octanol–water partition coefficient (Wildman–Crippen LogP) is 1.68. The molecule has 3 N–H and O–H groups in total. The van der Waals surface area contributed by atoms with Gasteiger partial charge in [-0.25, -0.2) is 0 Å². The van der Waals surface area contributed by atoms with E-state index in [9.17, 15) is 0 Å². The van der Waals surface area contributed by atoms with Crippen molar-refractivity contribution in [2.45, 2.75) is 39.2 Å². The number of nitrogens with one attached hydrogen (secondary N) is 1. The van der Waals surface area contributed by atoms with Crippen LogP contribution in [0.15, 0.2) is 6.20 Å². The molecule has 2 aromatic heterocycles. The van der Waals surface area contributed by atoms with Gasteiger partial charge in [0.2, 0.25) is 0 Å². The van der Waals surface area contributed by atoms with Crippen LogP contribution < -0.4 is 11.3 Å². The van der Waals surface area contributed by atoms with Crippen LogP contribution in [0.4, 0.5) is 0 Å². The molecule has 0 aliphatic rings. The molecule has 2 aromatic rings. The fraction of sp³-hybridized carbons (Fsp3) is 0.571. The number of halogens is 1. The van der Waals surface area contributed by atoms with E-state index < -0.39 is 0 Å². The molecule has 0 aliphatic carbocycles. The SMILES string of the molecule is CCc1nn(C)cc1C(Cc1c(Cl)c(CC)nn1C)NN. The lowest BCUT2D eigenvalue weighted by Crippen LogP contribution is -2.30. The van der Waals surface area contributed by atoms with Gasteiger partial charge in [0.25, 0.3) is 0 Å². The van der Waals surface area contributed by atoms with E-state index in [0.717, 1.165) is 40.5 Å². The molecule has 7 heteroatoms. The van der Waals surface area contributed by atoms with Crippen LogP contribution in [-0.2, 0) is 33.4 Å². The third-order valence-electron chi connectivity index (χ3n) is 3.75. The second-order valence-corrected chi connectivity index (χ2v) is 5.54. The average Bonchev–Trinajstić information content (AvgIpc) is 2.97. The molecular weight excluding hydrogens is 288 g/mol. The molecule has 21 heavy (non-hydrogen) atoms. The van der Waals surface area contributed by atoms with E-state index in [-0.39, 0.29) is 6.04 Å². The van der Waals surface area contributed by atoms with Crippen LogP contribution in [0, 0.1) is 0 Å². The van der Waals surface area contributed by atoms with E-state index in [1.807, 2.05) is 36.6 Å². The smallest absolute Gasteiger partial charge is 0.0850 e. The molecule has 0 fully saturated rings. The van der Waals surface area contributed by atoms with E-state index in [2.05, 4.69) is 22.5 Å². The summed E-state index contributed by atoms with van der Waals surface area (Å²) < 4.78 is 3.66. The zero-order valence-corrected chi connectivity index (χ0v) is 13.8. The second-order valence-electron chi connectivity index (χ2n) is 5.17. The van der Waals surface area contributed by atoms with Crippen LogP contribution in [0.2, 0.25) is 5.02 Å². The summed E-state index contributed by atoms with van der Waals surface area (Å²) in [5, 5.41) is 9.66. The summed E-state index contributed by atoms with van der Waals surface area (Å²) in [5.74, 6) is 5.77. The zero-order valence-electron chi connectivity index (χ0n) is 13.0. The van der Waals surface area contributed by atoms with Crippen LogP contribution in [0.25, 0.3) is 0 Å². The lowest BCUT2D eigenvalue weighted by molar-refractivity contribution is 0.526. The van der Waals surface area contributed by atoms with Crippen molar-refractivity contribution in [3.63, 3.8) is 0 Å². The Kier molecular flexibility index (Phi) is 5.03. The lowest BCUT2D eigenvalue weighted by atomic mass is 10.0. The minimum atomic E-state index is -0.0359. The Hall–Kier alpha value is -1.37. The molecule has 6 nitrogen and oxygen atoms in total. The van der Waals surface area contributed by atoms with E-state index in [1.54, 1.807) is 0 Å². The normalized spacial score (nSPS) is 12.9. The molecular formula is C14H23ClN6. The van der Waals surface area contributed by atoms with Crippen molar-refractivity contribution in [2.24, 2.45) is 19.9 Å². The molecule has 2 heterocycles. The maximum atomic E-state index is 6.42. The molecule has 1 atom stereocenters. The van der Waals surface area contributed by atoms with Crippen molar-refractivity contribution in [3.8, 4) is 0 Å². The largest absolute Gasteiger partial charge is 0.275 e. The number of nitrogens with zero attached hydrogens (tertiary/aromatic N) is 4. The predicted molar refractivity (Wildman–Crippen MR) is 84.0 cm³/mol. The number of aromatic nitrogens is 4. The van der Waals surface area contributed by atoms with Crippen molar-refractivity contribution in [1.82, 2.24) is 25.0 Å². The molecule has 0 saturated heterocycles. The summed E-state index contributed by atoms with van der Waals surface area (Å²) >= 11 is 6.42. The summed E-state index contributed by atoms with van der Waals surface area (Å²) in [4.78, 5) is 0. The van der Waals surface area contributed by atoms with Gasteiger partial charge in [0, 0.05) is 32.3 Å². The summed E-state index contributed by atoms with van der Waals surface area (Å²) in [7, 11) is 3.83. The molecule has 2 rings (SSSR count). The Labute approximate surface area is 130 Å². The molecule has 116 valence electrons. The van der Waals surface area contributed by atoms with Gasteiger partial charge in [-0.1, -0.05) is 25.4 Å². The summed E-state index contributed by atoms with van der Waals surface area (Å²) in [6.45, 7) is 4.14. The van der Waals surface area contributed by atoms with Crippen LogP contribution >= 0.6 is 11.6 Å². The van der Waals surface area contributed by atoms with Gasteiger partial charge >= 0.3 is 0 Å². The molecule has 0 saturated carbocycles. The van der Waals surface area contributed by atoms with Gasteiger partial charge in [0.1, 0.15) is 0 Å². The fourth-order valence-electron chi connectivity index (χ4n) is 2.61. The maximum absolute atomic E-state index is 6.42. The van der Waals surface area contributed by atoms with E-state index >= 15 is 0 Å². The third kappa shape index (κ3) is 3.12. The highest BCUT2D eigenvalue weighted by molar-refractivity contribution is 6.31. The Bertz CT molecular complexity index is 615. The summed E-state index contributed by atoms with van der Waals surface area (Å²) in [6, 6.07) is -0.0359. The van der Waals surface area contributed by atoms with Gasteiger partial charge in [-0.3, -0.25) is 20.6 Å². The van der Waals surface area contributed by atoms with Crippen molar-refractivity contribution < 1.29 is 0 Å². The first kappa shape index (κ1) is 16.0. The molecule has 0 bridgehead atoms. The fourth-order valence-corrected chi connectivity index (χ4v) is 2.98. The van der Waals surface area contributed by atoms with E-state index in [1.165, 1.54) is 0 Å². The first-order chi connectivity index (χ1) is 10.0. The standard InChI is InChI=1S/C14H23ClN6/c1-5-10-9(8-20(3)18-10)12(17-16)7-13-14(15)11(6-2)19-21(13)4/h8,12,17H,5-7,16H2,1-4H3. The highest BCUT2D eigenvalue weighted by atomic mass is 35.5. The minimum absolute atomic E-state index is 0.0359. The summed E-state index contributed by atoms with van der Waals surface area (Å²) in [6.07, 6.45) is 4.38. The van der Waals surface area contributed by atoms with E-state index in [0.29, 0.717) is 6.42 Å². The minimum Gasteiger partial charge on any atom is -0.275 e. The number of hydrogen-bond acceptors (Lipinski definition) is 4. The molecule has 0 radical (unpaired) electrons. The van der Waals surface area contributed by atoms with E-state index in [4.69, 9.17) is 17.4 Å². The number of hydrogen-bond donors (Lipinski definition) is 2. The number of nitrogens with two attached hydrogens (primary N) is 1. The molecule has 1 unspecified atom stereocenters. The van der Waals surface area contributed by atoms with Gasteiger partial charge in [0.05, 0.1) is 28.1 Å². The molecule has 0 spiro atoms. The van der Waals surface area contributed by atoms with Crippen LogP contribution in [0.3, 0.4) is 0 Å².